The SMILES string of the molecule is CC1(C)c2ccccc2-c2cc(N(c3cccc4c3-c3ccccc3C43c4ccccc4-c4ccccc43)c3cccc4oc5ccc(-c6cccc7c6c6ccccc6n7-c6ccccc6)cc5c34)ccc21. The van der Waals surface area contributed by atoms with Gasteiger partial charge in [-0.25, -0.2) is 0 Å². The fourth-order valence-electron chi connectivity index (χ4n) is 13.8. The van der Waals surface area contributed by atoms with Crippen LogP contribution in [0.1, 0.15) is 47.2 Å². The summed E-state index contributed by atoms with van der Waals surface area (Å²) in [6.45, 7) is 4.73. The first-order valence-corrected chi connectivity index (χ1v) is 25.5. The zero-order valence-corrected chi connectivity index (χ0v) is 40.4. The van der Waals surface area contributed by atoms with Crippen molar-refractivity contribution >= 4 is 60.8 Å². The number of furan rings is 1. The fraction of sp³-hybridized carbons (Fsp3) is 0.0571. The Morgan fingerprint density at radius 2 is 0.945 bits per heavy atom. The van der Waals surface area contributed by atoms with Crippen LogP contribution in [0.2, 0.25) is 0 Å². The van der Waals surface area contributed by atoms with Crippen LogP contribution in [0.15, 0.2) is 247 Å². The largest absolute Gasteiger partial charge is 0.456 e. The van der Waals surface area contributed by atoms with Crippen LogP contribution in [0.4, 0.5) is 17.1 Å². The highest BCUT2D eigenvalue weighted by molar-refractivity contribution is 6.19. The van der Waals surface area contributed by atoms with E-state index in [0.717, 1.165) is 50.3 Å². The Balaban J connectivity index is 0.980. The van der Waals surface area contributed by atoms with Gasteiger partial charge < -0.3 is 13.9 Å². The highest BCUT2D eigenvalue weighted by Gasteiger charge is 2.52. The van der Waals surface area contributed by atoms with Gasteiger partial charge in [-0.3, -0.25) is 0 Å². The lowest BCUT2D eigenvalue weighted by atomic mass is 9.70. The molecule has 342 valence electrons. The van der Waals surface area contributed by atoms with Gasteiger partial charge in [0.15, 0.2) is 0 Å². The number of anilines is 3. The molecule has 0 saturated heterocycles. The molecule has 3 heteroatoms. The van der Waals surface area contributed by atoms with E-state index in [2.05, 4.69) is 266 Å². The summed E-state index contributed by atoms with van der Waals surface area (Å²) in [6.07, 6.45) is 0. The maximum absolute atomic E-state index is 6.95. The van der Waals surface area contributed by atoms with Crippen LogP contribution in [-0.4, -0.2) is 4.57 Å². The van der Waals surface area contributed by atoms with E-state index in [1.54, 1.807) is 0 Å². The molecule has 0 radical (unpaired) electrons. The van der Waals surface area contributed by atoms with Crippen molar-refractivity contribution < 1.29 is 4.42 Å². The van der Waals surface area contributed by atoms with E-state index >= 15 is 0 Å². The first-order chi connectivity index (χ1) is 36.0. The molecule has 0 bridgehead atoms. The van der Waals surface area contributed by atoms with Gasteiger partial charge in [-0.15, -0.1) is 0 Å². The lowest BCUT2D eigenvalue weighted by Crippen LogP contribution is -2.26. The molecule has 11 aromatic carbocycles. The van der Waals surface area contributed by atoms with Crippen molar-refractivity contribution in [2.75, 3.05) is 4.90 Å². The molecule has 0 fully saturated rings. The molecule has 1 spiro atoms. The molecular formula is C70H46N2O. The number of hydrogen-bond acceptors (Lipinski definition) is 2. The first-order valence-electron chi connectivity index (χ1n) is 25.5. The maximum atomic E-state index is 6.95. The van der Waals surface area contributed by atoms with E-state index < -0.39 is 5.41 Å². The van der Waals surface area contributed by atoms with Gasteiger partial charge in [0.2, 0.25) is 0 Å². The third-order valence-electron chi connectivity index (χ3n) is 16.8. The highest BCUT2D eigenvalue weighted by atomic mass is 16.3. The van der Waals surface area contributed by atoms with Gasteiger partial charge in [0.05, 0.1) is 33.2 Å². The number of rotatable bonds is 5. The van der Waals surface area contributed by atoms with Gasteiger partial charge in [0.25, 0.3) is 0 Å². The van der Waals surface area contributed by atoms with Gasteiger partial charge in [-0.05, 0) is 139 Å². The number of benzene rings is 11. The van der Waals surface area contributed by atoms with Crippen LogP contribution in [-0.2, 0) is 10.8 Å². The third-order valence-corrected chi connectivity index (χ3v) is 16.8. The average molecular weight is 931 g/mol. The summed E-state index contributed by atoms with van der Waals surface area (Å²) in [4.78, 5) is 2.55. The van der Waals surface area contributed by atoms with Crippen molar-refractivity contribution in [1.29, 1.82) is 0 Å². The van der Waals surface area contributed by atoms with E-state index in [0.29, 0.717) is 0 Å². The second-order valence-electron chi connectivity index (χ2n) is 20.7. The molecule has 3 aliphatic carbocycles. The second-order valence-corrected chi connectivity index (χ2v) is 20.7. The van der Waals surface area contributed by atoms with Crippen molar-refractivity contribution in [3.05, 3.63) is 276 Å². The third kappa shape index (κ3) is 5.28. The van der Waals surface area contributed by atoms with Crippen molar-refractivity contribution in [3.63, 3.8) is 0 Å². The minimum Gasteiger partial charge on any atom is -0.456 e. The predicted molar refractivity (Wildman–Crippen MR) is 302 cm³/mol. The molecule has 3 nitrogen and oxygen atoms in total. The summed E-state index contributed by atoms with van der Waals surface area (Å²) in [7, 11) is 0. The molecule has 0 aliphatic heterocycles. The number of nitrogens with zero attached hydrogens (tertiary/aromatic N) is 2. The van der Waals surface area contributed by atoms with Crippen LogP contribution in [0.25, 0.3) is 93.9 Å². The van der Waals surface area contributed by atoms with Crippen LogP contribution in [0.3, 0.4) is 0 Å². The molecule has 16 rings (SSSR count). The Bertz CT molecular complexity index is 4440. The Morgan fingerprint density at radius 1 is 0.370 bits per heavy atom. The van der Waals surface area contributed by atoms with Crippen molar-refractivity contribution in [3.8, 4) is 50.2 Å². The molecule has 0 amide bonds. The highest BCUT2D eigenvalue weighted by Crippen LogP contribution is 2.65. The quantitative estimate of drug-likeness (QED) is 0.171. The lowest BCUT2D eigenvalue weighted by molar-refractivity contribution is 0.660. The Kier molecular flexibility index (Phi) is 8.16. The van der Waals surface area contributed by atoms with E-state index in [1.165, 1.54) is 94.1 Å². The van der Waals surface area contributed by atoms with Crippen molar-refractivity contribution in [2.45, 2.75) is 24.7 Å². The minimum atomic E-state index is -0.490. The average Bonchev–Trinajstić information content (AvgIpc) is 4.21. The number of para-hydroxylation sites is 2. The fourth-order valence-corrected chi connectivity index (χ4v) is 13.8. The number of fused-ring (bicyclic) bond motifs is 19. The number of hydrogen-bond donors (Lipinski definition) is 0. The summed E-state index contributed by atoms with van der Waals surface area (Å²) in [5, 5.41) is 4.62. The molecule has 0 atom stereocenters. The molecular weight excluding hydrogens is 885 g/mol. The van der Waals surface area contributed by atoms with E-state index in [1.807, 2.05) is 0 Å². The van der Waals surface area contributed by atoms with Gasteiger partial charge in [-0.1, -0.05) is 190 Å². The molecule has 13 aromatic rings. The smallest absolute Gasteiger partial charge is 0.137 e. The zero-order valence-electron chi connectivity index (χ0n) is 40.4. The Hall–Kier alpha value is -9.18. The Morgan fingerprint density at radius 3 is 1.73 bits per heavy atom. The Labute approximate surface area is 423 Å². The minimum absolute atomic E-state index is 0.134. The monoisotopic (exact) mass is 930 g/mol. The second kappa shape index (κ2) is 14.7. The predicted octanol–water partition coefficient (Wildman–Crippen LogP) is 18.5. The van der Waals surface area contributed by atoms with E-state index in [4.69, 9.17) is 4.42 Å². The van der Waals surface area contributed by atoms with Gasteiger partial charge in [0.1, 0.15) is 11.2 Å². The van der Waals surface area contributed by atoms with Gasteiger partial charge in [0, 0.05) is 38.5 Å². The van der Waals surface area contributed by atoms with Crippen molar-refractivity contribution in [2.24, 2.45) is 0 Å². The molecule has 0 N–H and O–H groups in total. The standard InChI is InChI=1S/C70H46N2O/c1-69(2)54-27-11-6-23-49(54)52-42-45(38-39-55(52)69)72(62-34-17-31-59-67(62)50-24-9-14-30-58(50)70(59)56-28-12-7-21-47(56)48-22-8-13-29-57(48)70)63-35-18-36-65-68(63)53-41-43(37-40-64(53)73-65)46-26-16-33-61-66(46)51-25-10-15-32-60(51)71(61)44-19-4-3-5-20-44/h3-42H,1-2H3. The zero-order chi connectivity index (χ0) is 48.2. The van der Waals surface area contributed by atoms with Gasteiger partial charge >= 0.3 is 0 Å². The molecule has 2 aromatic heterocycles. The van der Waals surface area contributed by atoms with Crippen LogP contribution in [0.5, 0.6) is 0 Å². The summed E-state index contributed by atoms with van der Waals surface area (Å²) in [5.74, 6) is 0. The van der Waals surface area contributed by atoms with E-state index in [-0.39, 0.29) is 5.41 Å². The normalized spacial score (nSPS) is 14.1. The summed E-state index contributed by atoms with van der Waals surface area (Å²) < 4.78 is 9.34. The van der Waals surface area contributed by atoms with Crippen molar-refractivity contribution in [1.82, 2.24) is 4.57 Å². The summed E-state index contributed by atoms with van der Waals surface area (Å²) in [5.41, 5.74) is 25.9. The maximum Gasteiger partial charge on any atom is 0.137 e. The summed E-state index contributed by atoms with van der Waals surface area (Å²) in [6, 6.07) is 90.2. The molecule has 0 unspecified atom stereocenters. The van der Waals surface area contributed by atoms with E-state index in [9.17, 15) is 0 Å². The first kappa shape index (κ1) is 40.5. The van der Waals surface area contributed by atoms with Crippen LogP contribution < -0.4 is 4.90 Å². The lowest BCUT2D eigenvalue weighted by Gasteiger charge is -2.32. The molecule has 3 aliphatic rings. The van der Waals surface area contributed by atoms with Gasteiger partial charge in [-0.2, -0.15) is 0 Å². The molecule has 2 heterocycles. The van der Waals surface area contributed by atoms with Crippen LogP contribution >= 0.6 is 0 Å². The number of aromatic nitrogens is 1. The molecule has 0 saturated carbocycles. The van der Waals surface area contributed by atoms with Crippen LogP contribution in [0, 0.1) is 0 Å². The summed E-state index contributed by atoms with van der Waals surface area (Å²) >= 11 is 0. The molecule has 73 heavy (non-hydrogen) atoms. The topological polar surface area (TPSA) is 21.3 Å².